The van der Waals surface area contributed by atoms with Crippen molar-refractivity contribution in [2.24, 2.45) is 0 Å². The molecule has 1 amide bonds. The van der Waals surface area contributed by atoms with Crippen molar-refractivity contribution in [2.45, 2.75) is 19.0 Å². The Bertz CT molecular complexity index is 1180. The Morgan fingerprint density at radius 2 is 1.59 bits per heavy atom. The Balaban J connectivity index is 1.78. The number of aromatic nitrogens is 5. The molecule has 3 aromatic rings. The number of thioether (sulfide) groups is 1. The van der Waals surface area contributed by atoms with Crippen molar-refractivity contribution in [3.63, 3.8) is 0 Å². The minimum Gasteiger partial charge on any atom is -0.465 e. The van der Waals surface area contributed by atoms with E-state index in [1.807, 2.05) is 13.8 Å². The zero-order chi connectivity index (χ0) is 24.7. The molecule has 14 heteroatoms. The molecule has 0 spiro atoms. The Hall–Kier alpha value is -3.94. The van der Waals surface area contributed by atoms with Crippen LogP contribution in [0.1, 0.15) is 34.6 Å². The molecule has 0 unspecified atom stereocenters. The molecule has 0 fully saturated rings. The van der Waals surface area contributed by atoms with E-state index < -0.39 is 17.8 Å². The summed E-state index contributed by atoms with van der Waals surface area (Å²) in [7, 11) is 2.44. The Morgan fingerprint density at radius 1 is 0.941 bits per heavy atom. The van der Waals surface area contributed by atoms with Crippen LogP contribution < -0.4 is 16.0 Å². The molecular formula is C20H24N8O5S. The standard InChI is InChI=1S/C20H24N8O5S/c1-5-21-17-24-18(22-6-2)28-19(25-17)26-27-20(28)34-10-14(29)23-13-8-11(15(30)32-3)7-12(9-13)16(31)33-4/h7-9H,5-6,10H2,1-4H3,(H,23,29)(H2,21,22,24,25,26). The van der Waals surface area contributed by atoms with E-state index in [0.717, 1.165) is 11.8 Å². The summed E-state index contributed by atoms with van der Waals surface area (Å²) in [5, 5.41) is 17.5. The number of amides is 1. The number of anilines is 3. The molecule has 0 saturated carbocycles. The highest BCUT2D eigenvalue weighted by Gasteiger charge is 2.18. The van der Waals surface area contributed by atoms with Crippen LogP contribution in [0.5, 0.6) is 0 Å². The van der Waals surface area contributed by atoms with Gasteiger partial charge >= 0.3 is 11.9 Å². The van der Waals surface area contributed by atoms with Crippen LogP contribution >= 0.6 is 11.8 Å². The van der Waals surface area contributed by atoms with Crippen molar-refractivity contribution < 1.29 is 23.9 Å². The van der Waals surface area contributed by atoms with Crippen LogP contribution in [0.4, 0.5) is 17.6 Å². The van der Waals surface area contributed by atoms with Crippen LogP contribution in [-0.2, 0) is 14.3 Å². The van der Waals surface area contributed by atoms with Crippen molar-refractivity contribution in [3.8, 4) is 0 Å². The number of hydrogen-bond donors (Lipinski definition) is 3. The third-order valence-corrected chi connectivity index (χ3v) is 5.24. The van der Waals surface area contributed by atoms with Crippen LogP contribution in [0.25, 0.3) is 5.78 Å². The Labute approximate surface area is 199 Å². The molecule has 0 atom stereocenters. The highest BCUT2D eigenvalue weighted by molar-refractivity contribution is 7.99. The van der Waals surface area contributed by atoms with E-state index >= 15 is 0 Å². The van der Waals surface area contributed by atoms with Crippen molar-refractivity contribution in [1.82, 2.24) is 24.6 Å². The minimum absolute atomic E-state index is 0.0304. The second-order valence-corrected chi connectivity index (χ2v) is 7.61. The zero-order valence-electron chi connectivity index (χ0n) is 19.0. The lowest BCUT2D eigenvalue weighted by Crippen LogP contribution is -2.16. The van der Waals surface area contributed by atoms with Gasteiger partial charge in [-0.3, -0.25) is 4.79 Å². The van der Waals surface area contributed by atoms with E-state index in [0.29, 0.717) is 35.9 Å². The van der Waals surface area contributed by atoms with Crippen LogP contribution in [0, 0.1) is 0 Å². The van der Waals surface area contributed by atoms with Gasteiger partial charge in [-0.15, -0.1) is 10.2 Å². The maximum absolute atomic E-state index is 12.6. The molecule has 2 heterocycles. The van der Waals surface area contributed by atoms with Gasteiger partial charge in [-0.25, -0.2) is 14.0 Å². The number of nitrogens with zero attached hydrogens (tertiary/aromatic N) is 5. The molecule has 0 aliphatic heterocycles. The lowest BCUT2D eigenvalue weighted by molar-refractivity contribution is -0.113. The van der Waals surface area contributed by atoms with Crippen molar-refractivity contribution >= 4 is 53.0 Å². The van der Waals surface area contributed by atoms with Crippen molar-refractivity contribution in [1.29, 1.82) is 0 Å². The summed E-state index contributed by atoms with van der Waals surface area (Å²) in [5.74, 6) is -0.494. The van der Waals surface area contributed by atoms with Crippen LogP contribution in [0.2, 0.25) is 0 Å². The van der Waals surface area contributed by atoms with Crippen molar-refractivity contribution in [3.05, 3.63) is 29.3 Å². The summed E-state index contributed by atoms with van der Waals surface area (Å²) < 4.78 is 11.0. The fraction of sp³-hybridized carbons (Fsp3) is 0.350. The SMILES string of the molecule is CCNc1nc(NCC)n2c(SCC(=O)Nc3cc(C(=O)OC)cc(C(=O)OC)c3)nnc2n1. The van der Waals surface area contributed by atoms with Gasteiger partial charge in [0.25, 0.3) is 5.78 Å². The molecule has 3 rings (SSSR count). The van der Waals surface area contributed by atoms with E-state index in [1.165, 1.54) is 32.4 Å². The Kier molecular flexibility index (Phi) is 8.19. The van der Waals surface area contributed by atoms with Gasteiger partial charge < -0.3 is 25.4 Å². The van der Waals surface area contributed by atoms with Gasteiger partial charge in [0.05, 0.1) is 31.1 Å². The molecule has 1 aromatic carbocycles. The number of carbonyl (C=O) groups is 3. The highest BCUT2D eigenvalue weighted by Crippen LogP contribution is 2.22. The number of fused-ring (bicyclic) bond motifs is 1. The van der Waals surface area contributed by atoms with Crippen LogP contribution in [0.3, 0.4) is 0 Å². The van der Waals surface area contributed by atoms with Crippen molar-refractivity contribution in [2.75, 3.05) is 49.0 Å². The molecule has 2 aromatic heterocycles. The monoisotopic (exact) mass is 488 g/mol. The molecule has 0 bridgehead atoms. The summed E-state index contributed by atoms with van der Waals surface area (Å²) in [6.45, 7) is 5.11. The fourth-order valence-electron chi connectivity index (χ4n) is 2.90. The van der Waals surface area contributed by atoms with E-state index in [-0.39, 0.29) is 22.6 Å². The largest absolute Gasteiger partial charge is 0.465 e. The quantitative estimate of drug-likeness (QED) is 0.280. The molecule has 180 valence electrons. The molecule has 13 nitrogen and oxygen atoms in total. The van der Waals surface area contributed by atoms with Gasteiger partial charge in [0.15, 0.2) is 5.16 Å². The van der Waals surface area contributed by atoms with E-state index in [4.69, 9.17) is 9.47 Å². The molecule has 0 saturated heterocycles. The maximum Gasteiger partial charge on any atom is 0.337 e. The first-order valence-corrected chi connectivity index (χ1v) is 11.2. The number of nitrogens with one attached hydrogen (secondary N) is 3. The first kappa shape index (κ1) is 24.7. The molecular weight excluding hydrogens is 464 g/mol. The summed E-state index contributed by atoms with van der Waals surface area (Å²) >= 11 is 1.13. The first-order valence-electron chi connectivity index (χ1n) is 10.2. The number of esters is 2. The number of rotatable bonds is 10. The first-order chi connectivity index (χ1) is 16.4. The third-order valence-electron chi connectivity index (χ3n) is 4.31. The number of ether oxygens (including phenoxy) is 2. The van der Waals surface area contributed by atoms with Gasteiger partial charge in [-0.2, -0.15) is 9.97 Å². The molecule has 34 heavy (non-hydrogen) atoms. The number of benzene rings is 1. The number of hydrogen-bond acceptors (Lipinski definition) is 12. The Morgan fingerprint density at radius 3 is 2.18 bits per heavy atom. The molecule has 0 aliphatic rings. The lowest BCUT2D eigenvalue weighted by atomic mass is 10.1. The normalized spacial score (nSPS) is 10.6. The van der Waals surface area contributed by atoms with Gasteiger partial charge in [-0.1, -0.05) is 11.8 Å². The predicted octanol–water partition coefficient (Wildman–Crippen LogP) is 1.69. The summed E-state index contributed by atoms with van der Waals surface area (Å²) in [4.78, 5) is 45.2. The number of carbonyl (C=O) groups excluding carboxylic acids is 3. The van der Waals surface area contributed by atoms with E-state index in [1.54, 1.807) is 4.40 Å². The predicted molar refractivity (Wildman–Crippen MR) is 125 cm³/mol. The smallest absolute Gasteiger partial charge is 0.337 e. The second-order valence-electron chi connectivity index (χ2n) is 6.67. The summed E-state index contributed by atoms with van der Waals surface area (Å²) in [6.07, 6.45) is 0. The fourth-order valence-corrected chi connectivity index (χ4v) is 3.62. The maximum atomic E-state index is 12.6. The molecule has 0 radical (unpaired) electrons. The molecule has 0 aliphatic carbocycles. The highest BCUT2D eigenvalue weighted by atomic mass is 32.2. The average molecular weight is 489 g/mol. The summed E-state index contributed by atoms with van der Waals surface area (Å²) in [5.41, 5.74) is 0.438. The van der Waals surface area contributed by atoms with Crippen LogP contribution in [-0.4, -0.2) is 75.5 Å². The van der Waals surface area contributed by atoms with E-state index in [2.05, 4.69) is 36.1 Å². The van der Waals surface area contributed by atoms with Gasteiger partial charge in [-0.05, 0) is 32.0 Å². The number of methoxy groups -OCH3 is 2. The molecule has 3 N–H and O–H groups in total. The van der Waals surface area contributed by atoms with Gasteiger partial charge in [0, 0.05) is 18.8 Å². The van der Waals surface area contributed by atoms with Gasteiger partial charge in [0.1, 0.15) is 0 Å². The minimum atomic E-state index is -0.654. The summed E-state index contributed by atoms with van der Waals surface area (Å²) in [6, 6.07) is 4.15. The third kappa shape index (κ3) is 5.70. The van der Waals surface area contributed by atoms with Crippen LogP contribution in [0.15, 0.2) is 23.4 Å². The average Bonchev–Trinajstić information content (AvgIpc) is 3.25. The van der Waals surface area contributed by atoms with E-state index in [9.17, 15) is 14.4 Å². The lowest BCUT2D eigenvalue weighted by Gasteiger charge is -2.10. The van der Waals surface area contributed by atoms with Gasteiger partial charge in [0.2, 0.25) is 17.8 Å². The zero-order valence-corrected chi connectivity index (χ0v) is 19.9. The topological polar surface area (TPSA) is 162 Å². The second kappa shape index (κ2) is 11.3.